The van der Waals surface area contributed by atoms with Gasteiger partial charge in [-0.05, 0) is 56.5 Å². The van der Waals surface area contributed by atoms with E-state index < -0.39 is 5.60 Å². The minimum Gasteiger partial charge on any atom is -0.389 e. The Morgan fingerprint density at radius 2 is 2.16 bits per heavy atom. The molecule has 0 aromatic heterocycles. The molecule has 1 aliphatic heterocycles. The maximum atomic E-state index is 10.8. The Kier molecular flexibility index (Phi) is 5.43. The summed E-state index contributed by atoms with van der Waals surface area (Å²) in [5.41, 5.74) is 0.698. The SMILES string of the molecule is CCCN1CCCC(O)(Cc2cccc(Br)c2)CC1. The summed E-state index contributed by atoms with van der Waals surface area (Å²) < 4.78 is 1.09. The van der Waals surface area contributed by atoms with Gasteiger partial charge in [0.2, 0.25) is 0 Å². The van der Waals surface area contributed by atoms with Crippen LogP contribution in [-0.4, -0.2) is 35.2 Å². The lowest BCUT2D eigenvalue weighted by atomic mass is 9.88. The molecule has 1 aromatic rings. The number of halogens is 1. The van der Waals surface area contributed by atoms with E-state index in [2.05, 4.69) is 39.9 Å². The second kappa shape index (κ2) is 6.87. The molecule has 0 amide bonds. The molecule has 1 aliphatic rings. The van der Waals surface area contributed by atoms with E-state index in [0.29, 0.717) is 0 Å². The van der Waals surface area contributed by atoms with Gasteiger partial charge in [0, 0.05) is 17.4 Å². The highest BCUT2D eigenvalue weighted by Crippen LogP contribution is 2.27. The predicted octanol–water partition coefficient (Wildman–Crippen LogP) is 3.62. The van der Waals surface area contributed by atoms with Crippen molar-refractivity contribution in [3.63, 3.8) is 0 Å². The van der Waals surface area contributed by atoms with Gasteiger partial charge in [-0.1, -0.05) is 35.0 Å². The molecule has 1 atom stereocenters. The van der Waals surface area contributed by atoms with Gasteiger partial charge in [-0.25, -0.2) is 0 Å². The normalized spacial score (nSPS) is 25.2. The van der Waals surface area contributed by atoms with E-state index in [1.807, 2.05) is 12.1 Å². The van der Waals surface area contributed by atoms with Gasteiger partial charge in [0.05, 0.1) is 5.60 Å². The summed E-state index contributed by atoms with van der Waals surface area (Å²) in [5, 5.41) is 10.8. The molecular formula is C16H24BrNO. The summed E-state index contributed by atoms with van der Waals surface area (Å²) in [6.45, 7) is 5.54. The largest absolute Gasteiger partial charge is 0.389 e. The minimum atomic E-state index is -0.525. The maximum Gasteiger partial charge on any atom is 0.0700 e. The first-order valence-electron chi connectivity index (χ1n) is 7.30. The number of hydrogen-bond donors (Lipinski definition) is 1. The first-order chi connectivity index (χ1) is 9.11. The molecule has 2 rings (SSSR count). The molecule has 0 saturated carbocycles. The molecule has 1 aromatic carbocycles. The van der Waals surface area contributed by atoms with Crippen molar-refractivity contribution in [1.82, 2.24) is 4.90 Å². The van der Waals surface area contributed by atoms with Crippen molar-refractivity contribution >= 4 is 15.9 Å². The van der Waals surface area contributed by atoms with Crippen LogP contribution in [0.2, 0.25) is 0 Å². The van der Waals surface area contributed by atoms with Crippen LogP contribution in [-0.2, 0) is 6.42 Å². The fourth-order valence-corrected chi connectivity index (χ4v) is 3.42. The van der Waals surface area contributed by atoms with Crippen molar-refractivity contribution in [2.45, 2.75) is 44.6 Å². The van der Waals surface area contributed by atoms with Crippen LogP contribution in [0.15, 0.2) is 28.7 Å². The number of nitrogens with zero attached hydrogens (tertiary/aromatic N) is 1. The number of aliphatic hydroxyl groups is 1. The highest BCUT2D eigenvalue weighted by atomic mass is 79.9. The van der Waals surface area contributed by atoms with E-state index in [9.17, 15) is 5.11 Å². The monoisotopic (exact) mass is 325 g/mol. The second-order valence-electron chi connectivity index (χ2n) is 5.73. The summed E-state index contributed by atoms with van der Waals surface area (Å²) >= 11 is 3.50. The quantitative estimate of drug-likeness (QED) is 0.913. The van der Waals surface area contributed by atoms with E-state index in [-0.39, 0.29) is 0 Å². The first-order valence-corrected chi connectivity index (χ1v) is 8.10. The molecule has 106 valence electrons. The maximum absolute atomic E-state index is 10.8. The van der Waals surface area contributed by atoms with Gasteiger partial charge in [-0.2, -0.15) is 0 Å². The topological polar surface area (TPSA) is 23.5 Å². The van der Waals surface area contributed by atoms with E-state index in [1.54, 1.807) is 0 Å². The van der Waals surface area contributed by atoms with Gasteiger partial charge in [0.25, 0.3) is 0 Å². The molecule has 1 saturated heterocycles. The molecule has 0 spiro atoms. The molecule has 1 N–H and O–H groups in total. The van der Waals surface area contributed by atoms with Crippen molar-refractivity contribution in [1.29, 1.82) is 0 Å². The van der Waals surface area contributed by atoms with Crippen molar-refractivity contribution in [2.75, 3.05) is 19.6 Å². The Balaban J connectivity index is 1.98. The summed E-state index contributed by atoms with van der Waals surface area (Å²) in [5.74, 6) is 0. The van der Waals surface area contributed by atoms with Gasteiger partial charge < -0.3 is 10.0 Å². The minimum absolute atomic E-state index is 0.525. The van der Waals surface area contributed by atoms with E-state index in [0.717, 1.165) is 49.8 Å². The summed E-state index contributed by atoms with van der Waals surface area (Å²) in [7, 11) is 0. The van der Waals surface area contributed by atoms with Crippen LogP contribution >= 0.6 is 15.9 Å². The zero-order valence-corrected chi connectivity index (χ0v) is 13.3. The summed E-state index contributed by atoms with van der Waals surface area (Å²) in [4.78, 5) is 2.48. The van der Waals surface area contributed by atoms with E-state index in [1.165, 1.54) is 12.0 Å². The van der Waals surface area contributed by atoms with Crippen LogP contribution in [0.3, 0.4) is 0 Å². The number of benzene rings is 1. The lowest BCUT2D eigenvalue weighted by molar-refractivity contribution is 0.0257. The second-order valence-corrected chi connectivity index (χ2v) is 6.64. The molecule has 19 heavy (non-hydrogen) atoms. The lowest BCUT2D eigenvalue weighted by Crippen LogP contribution is -2.33. The number of likely N-dealkylation sites (tertiary alicyclic amines) is 1. The molecule has 1 unspecified atom stereocenters. The Labute approximate surface area is 124 Å². The van der Waals surface area contributed by atoms with Crippen molar-refractivity contribution < 1.29 is 5.11 Å². The third-order valence-corrected chi connectivity index (χ3v) is 4.47. The smallest absolute Gasteiger partial charge is 0.0700 e. The van der Waals surface area contributed by atoms with Gasteiger partial charge in [-0.15, -0.1) is 0 Å². The van der Waals surface area contributed by atoms with E-state index >= 15 is 0 Å². The average molecular weight is 326 g/mol. The Morgan fingerprint density at radius 1 is 1.32 bits per heavy atom. The van der Waals surface area contributed by atoms with Crippen LogP contribution in [0, 0.1) is 0 Å². The molecule has 0 aliphatic carbocycles. The average Bonchev–Trinajstić information content (AvgIpc) is 2.53. The summed E-state index contributed by atoms with van der Waals surface area (Å²) in [6, 6.07) is 8.30. The predicted molar refractivity (Wildman–Crippen MR) is 83.4 cm³/mol. The third-order valence-electron chi connectivity index (χ3n) is 3.97. The molecule has 1 fully saturated rings. The van der Waals surface area contributed by atoms with Crippen LogP contribution in [0.4, 0.5) is 0 Å². The molecule has 1 heterocycles. The van der Waals surface area contributed by atoms with Gasteiger partial charge in [-0.3, -0.25) is 0 Å². The first kappa shape index (κ1) is 15.0. The van der Waals surface area contributed by atoms with E-state index in [4.69, 9.17) is 0 Å². The zero-order valence-electron chi connectivity index (χ0n) is 11.7. The zero-order chi connectivity index (χ0) is 13.7. The molecule has 3 heteroatoms. The van der Waals surface area contributed by atoms with Crippen molar-refractivity contribution in [3.8, 4) is 0 Å². The Bertz CT molecular complexity index is 409. The van der Waals surface area contributed by atoms with Crippen molar-refractivity contribution in [3.05, 3.63) is 34.3 Å². The standard InChI is InChI=1S/C16H24BrNO/c1-2-9-18-10-4-7-16(19,8-11-18)13-14-5-3-6-15(17)12-14/h3,5-6,12,19H,2,4,7-11,13H2,1H3. The highest BCUT2D eigenvalue weighted by molar-refractivity contribution is 9.10. The van der Waals surface area contributed by atoms with Gasteiger partial charge in [0.15, 0.2) is 0 Å². The van der Waals surface area contributed by atoms with Crippen LogP contribution < -0.4 is 0 Å². The lowest BCUT2D eigenvalue weighted by Gasteiger charge is -2.27. The molecule has 0 bridgehead atoms. The summed E-state index contributed by atoms with van der Waals surface area (Å²) in [6.07, 6.45) is 4.88. The van der Waals surface area contributed by atoms with Gasteiger partial charge >= 0.3 is 0 Å². The fourth-order valence-electron chi connectivity index (χ4n) is 2.98. The van der Waals surface area contributed by atoms with Crippen molar-refractivity contribution in [2.24, 2.45) is 0 Å². The van der Waals surface area contributed by atoms with Crippen LogP contribution in [0.1, 0.15) is 38.2 Å². The molecule has 0 radical (unpaired) electrons. The van der Waals surface area contributed by atoms with Gasteiger partial charge in [0.1, 0.15) is 0 Å². The number of rotatable bonds is 4. The highest BCUT2D eigenvalue weighted by Gasteiger charge is 2.30. The Morgan fingerprint density at radius 3 is 2.89 bits per heavy atom. The Hall–Kier alpha value is -0.380. The van der Waals surface area contributed by atoms with Crippen LogP contribution in [0.25, 0.3) is 0 Å². The number of hydrogen-bond acceptors (Lipinski definition) is 2. The fraction of sp³-hybridized carbons (Fsp3) is 0.625. The molecule has 2 nitrogen and oxygen atoms in total. The van der Waals surface area contributed by atoms with Crippen LogP contribution in [0.5, 0.6) is 0 Å². The molecular weight excluding hydrogens is 302 g/mol. The third kappa shape index (κ3) is 4.59.